The van der Waals surface area contributed by atoms with Crippen LogP contribution in [0.15, 0.2) is 23.1 Å². The third-order valence-corrected chi connectivity index (χ3v) is 9.57. The van der Waals surface area contributed by atoms with Crippen LogP contribution in [0.5, 0.6) is 5.75 Å². The van der Waals surface area contributed by atoms with Gasteiger partial charge in [0.05, 0.1) is 27.3 Å². The lowest BCUT2D eigenvalue weighted by molar-refractivity contribution is -0.189. The number of nitrogens with zero attached hydrogens (tertiary/aromatic N) is 1. The average Bonchev–Trinajstić information content (AvgIpc) is 3.37. The molecule has 192 valence electrons. The van der Waals surface area contributed by atoms with Crippen molar-refractivity contribution in [1.82, 2.24) is 0 Å². The third-order valence-electron chi connectivity index (χ3n) is 6.94. The zero-order valence-electron chi connectivity index (χ0n) is 18.5. The number of carboxylic acid groups (broad SMARTS) is 1. The molecule has 0 bridgehead atoms. The van der Waals surface area contributed by atoms with Gasteiger partial charge in [-0.25, -0.2) is 8.42 Å². The summed E-state index contributed by atoms with van der Waals surface area (Å²) in [5, 5.41) is 17.9. The highest BCUT2D eigenvalue weighted by atomic mass is 35.5. The molecule has 1 aromatic rings. The van der Waals surface area contributed by atoms with Crippen LogP contribution in [0.4, 0.5) is 13.2 Å². The number of sulfone groups is 1. The second kappa shape index (κ2) is 8.83. The van der Waals surface area contributed by atoms with Crippen molar-refractivity contribution in [2.75, 3.05) is 7.11 Å². The Kier molecular flexibility index (Phi) is 6.82. The molecule has 14 heteroatoms. The second-order valence-electron chi connectivity index (χ2n) is 8.77. The lowest BCUT2D eigenvalue weighted by Crippen LogP contribution is -2.44. The van der Waals surface area contributed by atoms with Crippen LogP contribution >= 0.6 is 11.6 Å². The van der Waals surface area contributed by atoms with Crippen molar-refractivity contribution in [2.45, 2.75) is 54.7 Å². The molecule has 1 amide bonds. The Morgan fingerprint density at radius 3 is 2.40 bits per heavy atom. The van der Waals surface area contributed by atoms with E-state index in [2.05, 4.69) is 0 Å². The van der Waals surface area contributed by atoms with E-state index in [1.165, 1.54) is 7.11 Å². The van der Waals surface area contributed by atoms with Crippen LogP contribution in [0.25, 0.3) is 0 Å². The average molecular weight is 539 g/mol. The summed E-state index contributed by atoms with van der Waals surface area (Å²) in [7, 11) is -3.12. The van der Waals surface area contributed by atoms with Crippen molar-refractivity contribution in [2.24, 2.45) is 22.5 Å². The van der Waals surface area contributed by atoms with E-state index >= 15 is 0 Å². The highest BCUT2D eigenvalue weighted by Gasteiger charge is 2.75. The van der Waals surface area contributed by atoms with Gasteiger partial charge in [-0.15, -0.1) is 0 Å². The molecule has 2 aliphatic rings. The number of nitriles is 1. The predicted octanol–water partition coefficient (Wildman–Crippen LogP) is 2.71. The van der Waals surface area contributed by atoms with Crippen LogP contribution in [0.2, 0.25) is 5.02 Å². The SMILES string of the molecule is CO[C@H]1C[C@@H](S(=O)(=O)c2ccc(O[C@H](C)C(F)(F)F)cc2Cl)C[C@]1(C(=O)O)C1CC1(C#N)C(N)=O. The van der Waals surface area contributed by atoms with Crippen molar-refractivity contribution in [1.29, 1.82) is 5.26 Å². The topological polar surface area (TPSA) is 157 Å². The van der Waals surface area contributed by atoms with E-state index in [1.54, 1.807) is 6.07 Å². The van der Waals surface area contributed by atoms with Crippen molar-refractivity contribution < 1.29 is 45.8 Å². The number of methoxy groups -OCH3 is 1. The first-order valence-electron chi connectivity index (χ1n) is 10.3. The zero-order chi connectivity index (χ0) is 26.6. The van der Waals surface area contributed by atoms with Gasteiger partial charge in [0.15, 0.2) is 15.9 Å². The van der Waals surface area contributed by atoms with Crippen LogP contribution in [0.1, 0.15) is 26.2 Å². The number of aliphatic carboxylic acids is 1. The van der Waals surface area contributed by atoms with Gasteiger partial charge in [0, 0.05) is 19.1 Å². The number of carbonyl (C=O) groups excluding carboxylic acids is 1. The van der Waals surface area contributed by atoms with Crippen molar-refractivity contribution >= 4 is 33.3 Å². The Balaban J connectivity index is 1.95. The van der Waals surface area contributed by atoms with Crippen LogP contribution in [-0.4, -0.2) is 56.1 Å². The Labute approximate surface area is 203 Å². The van der Waals surface area contributed by atoms with Crippen LogP contribution in [0.3, 0.4) is 0 Å². The normalized spacial score (nSPS) is 31.4. The van der Waals surface area contributed by atoms with E-state index < -0.39 is 78.4 Å². The monoisotopic (exact) mass is 538 g/mol. The summed E-state index contributed by atoms with van der Waals surface area (Å²) in [4.78, 5) is 23.9. The van der Waals surface area contributed by atoms with E-state index in [-0.39, 0.29) is 18.6 Å². The smallest absolute Gasteiger partial charge is 0.425 e. The molecule has 0 radical (unpaired) electrons. The van der Waals surface area contributed by atoms with Gasteiger partial charge in [0.1, 0.15) is 16.6 Å². The third kappa shape index (κ3) is 4.32. The first-order chi connectivity index (χ1) is 16.1. The molecule has 6 atom stereocenters. The van der Waals surface area contributed by atoms with Gasteiger partial charge in [0.2, 0.25) is 5.91 Å². The van der Waals surface area contributed by atoms with Crippen LogP contribution < -0.4 is 10.5 Å². The maximum Gasteiger partial charge on any atom is 0.425 e. The standard InChI is InChI=1S/C21H22ClF3N2O7S/c1-10(21(23,24)25)34-11-3-4-14(13(22)5-11)35(31,32)12-6-16(33-2)20(7-12,18(29)30)15-8-19(15,9-26)17(27)28/h3-5,10,12,15-16H,6-8H2,1-2H3,(H2,27,28)(H,29,30)/t10-,12-,15?,16+,19?,20+/m1/s1. The Morgan fingerprint density at radius 2 is 1.97 bits per heavy atom. The summed E-state index contributed by atoms with van der Waals surface area (Å²) in [5.41, 5.74) is 1.71. The van der Waals surface area contributed by atoms with E-state index in [0.29, 0.717) is 0 Å². The van der Waals surface area contributed by atoms with Gasteiger partial charge in [-0.3, -0.25) is 9.59 Å². The molecule has 9 nitrogen and oxygen atoms in total. The molecule has 2 unspecified atom stereocenters. The molecule has 2 aliphatic carbocycles. The molecule has 0 heterocycles. The number of nitrogens with two attached hydrogens (primary N) is 1. The van der Waals surface area contributed by atoms with E-state index in [9.17, 15) is 41.5 Å². The van der Waals surface area contributed by atoms with E-state index in [1.807, 2.05) is 0 Å². The number of alkyl halides is 3. The second-order valence-corrected chi connectivity index (χ2v) is 11.4. The Morgan fingerprint density at radius 1 is 1.34 bits per heavy atom. The molecule has 3 N–H and O–H groups in total. The molecule has 0 saturated heterocycles. The van der Waals surface area contributed by atoms with Crippen LogP contribution in [-0.2, 0) is 24.2 Å². The van der Waals surface area contributed by atoms with E-state index in [0.717, 1.165) is 25.1 Å². The lowest BCUT2D eigenvalue weighted by atomic mass is 9.75. The fourth-order valence-corrected chi connectivity index (χ4v) is 7.26. The maximum absolute atomic E-state index is 13.4. The number of carbonyl (C=O) groups is 2. The number of hydrogen-bond donors (Lipinski definition) is 2. The Bertz CT molecular complexity index is 1200. The highest BCUT2D eigenvalue weighted by Crippen LogP contribution is 2.66. The highest BCUT2D eigenvalue weighted by molar-refractivity contribution is 7.92. The first-order valence-corrected chi connectivity index (χ1v) is 12.2. The summed E-state index contributed by atoms with van der Waals surface area (Å²) in [6, 6.07) is 4.70. The number of hydrogen-bond acceptors (Lipinski definition) is 7. The minimum atomic E-state index is -4.65. The summed E-state index contributed by atoms with van der Waals surface area (Å²) < 4.78 is 75.2. The fourth-order valence-electron chi connectivity index (χ4n) is 4.90. The number of primary amides is 1. The molecule has 35 heavy (non-hydrogen) atoms. The predicted molar refractivity (Wildman–Crippen MR) is 114 cm³/mol. The molecule has 3 rings (SSSR count). The number of ether oxygens (including phenoxy) is 2. The van der Waals surface area contributed by atoms with E-state index in [4.69, 9.17) is 26.8 Å². The van der Waals surface area contributed by atoms with Crippen molar-refractivity contribution in [3.8, 4) is 11.8 Å². The minimum absolute atomic E-state index is 0.151. The molecule has 0 aromatic heterocycles. The molecular formula is C21H22ClF3N2O7S. The molecular weight excluding hydrogens is 517 g/mol. The van der Waals surface area contributed by atoms with Crippen molar-refractivity contribution in [3.05, 3.63) is 23.2 Å². The van der Waals surface area contributed by atoms with Gasteiger partial charge in [0.25, 0.3) is 0 Å². The molecule has 0 aliphatic heterocycles. The van der Waals surface area contributed by atoms with Gasteiger partial charge in [-0.1, -0.05) is 11.6 Å². The Hall–Kier alpha value is -2.56. The first kappa shape index (κ1) is 27.0. The number of halogens is 4. The zero-order valence-corrected chi connectivity index (χ0v) is 20.1. The number of carboxylic acids is 1. The number of benzene rings is 1. The number of amides is 1. The van der Waals surface area contributed by atoms with Crippen LogP contribution in [0, 0.1) is 28.1 Å². The molecule has 2 saturated carbocycles. The molecule has 0 spiro atoms. The fraction of sp³-hybridized carbons (Fsp3) is 0.571. The summed E-state index contributed by atoms with van der Waals surface area (Å²) in [5.74, 6) is -3.80. The molecule has 2 fully saturated rings. The maximum atomic E-state index is 13.4. The minimum Gasteiger partial charge on any atom is -0.481 e. The number of rotatable bonds is 8. The van der Waals surface area contributed by atoms with Gasteiger partial charge < -0.3 is 20.3 Å². The summed E-state index contributed by atoms with van der Waals surface area (Å²) >= 11 is 6.09. The summed E-state index contributed by atoms with van der Waals surface area (Å²) in [6.45, 7) is 0.776. The quantitative estimate of drug-likeness (QED) is 0.511. The summed E-state index contributed by atoms with van der Waals surface area (Å²) in [6.07, 6.45) is -8.89. The van der Waals surface area contributed by atoms with Crippen molar-refractivity contribution in [3.63, 3.8) is 0 Å². The van der Waals surface area contributed by atoms with Gasteiger partial charge in [-0.05, 0) is 38.3 Å². The van der Waals surface area contributed by atoms with Gasteiger partial charge >= 0.3 is 12.1 Å². The molecule has 1 aromatic carbocycles. The lowest BCUT2D eigenvalue weighted by Gasteiger charge is -2.31. The van der Waals surface area contributed by atoms with Gasteiger partial charge in [-0.2, -0.15) is 18.4 Å². The largest absolute Gasteiger partial charge is 0.481 e.